The molecule has 1 aliphatic rings. The fourth-order valence-corrected chi connectivity index (χ4v) is 2.47. The summed E-state index contributed by atoms with van der Waals surface area (Å²) < 4.78 is 15.7. The zero-order chi connectivity index (χ0) is 19.4. The lowest BCUT2D eigenvalue weighted by atomic mass is 10.2. The first kappa shape index (κ1) is 18.2. The number of carbonyl (C=O) groups excluding carboxylic acids is 2. The third-order valence-corrected chi connectivity index (χ3v) is 3.74. The fraction of sp³-hybridized carbons (Fsp3) is 0.222. The maximum atomic E-state index is 12.1. The van der Waals surface area contributed by atoms with E-state index in [9.17, 15) is 19.7 Å². The summed E-state index contributed by atoms with van der Waals surface area (Å²) in [6.45, 7) is 1.93. The third kappa shape index (κ3) is 4.32. The Morgan fingerprint density at radius 1 is 1.15 bits per heavy atom. The SMILES string of the molecule is Cc1ccc(NC(=O)COC(=O)c2ccc3c(c2)OCCO3)c([N+](=O)[O-])c1. The zero-order valence-electron chi connectivity index (χ0n) is 14.4. The Kier molecular flexibility index (Phi) is 5.20. The van der Waals surface area contributed by atoms with Gasteiger partial charge in [-0.1, -0.05) is 6.07 Å². The minimum Gasteiger partial charge on any atom is -0.486 e. The molecule has 3 rings (SSSR count). The maximum Gasteiger partial charge on any atom is 0.338 e. The summed E-state index contributed by atoms with van der Waals surface area (Å²) in [6.07, 6.45) is 0. The van der Waals surface area contributed by atoms with Crippen LogP contribution in [0.1, 0.15) is 15.9 Å². The highest BCUT2D eigenvalue weighted by molar-refractivity contribution is 5.97. The first-order valence-corrected chi connectivity index (χ1v) is 8.06. The molecule has 0 aliphatic carbocycles. The van der Waals surface area contributed by atoms with Crippen molar-refractivity contribution in [2.45, 2.75) is 6.92 Å². The van der Waals surface area contributed by atoms with E-state index in [0.29, 0.717) is 30.3 Å². The van der Waals surface area contributed by atoms with Crippen LogP contribution in [0.15, 0.2) is 36.4 Å². The van der Waals surface area contributed by atoms with Crippen molar-refractivity contribution in [3.63, 3.8) is 0 Å². The van der Waals surface area contributed by atoms with E-state index in [0.717, 1.165) is 0 Å². The number of esters is 1. The number of benzene rings is 2. The molecule has 0 unspecified atom stereocenters. The van der Waals surface area contributed by atoms with E-state index in [1.54, 1.807) is 19.1 Å². The molecule has 0 aromatic heterocycles. The number of hydrogen-bond acceptors (Lipinski definition) is 7. The number of aryl methyl sites for hydroxylation is 1. The lowest BCUT2D eigenvalue weighted by molar-refractivity contribution is -0.384. The van der Waals surface area contributed by atoms with Crippen LogP contribution in [-0.4, -0.2) is 36.6 Å². The predicted octanol–water partition coefficient (Wildman–Crippen LogP) is 2.47. The number of nitrogens with one attached hydrogen (secondary N) is 1. The second-order valence-electron chi connectivity index (χ2n) is 5.76. The van der Waals surface area contributed by atoms with Crippen molar-refractivity contribution in [2.75, 3.05) is 25.1 Å². The average molecular weight is 372 g/mol. The second kappa shape index (κ2) is 7.73. The van der Waals surface area contributed by atoms with Gasteiger partial charge in [-0.05, 0) is 36.8 Å². The van der Waals surface area contributed by atoms with E-state index in [1.807, 2.05) is 0 Å². The van der Waals surface area contributed by atoms with E-state index in [1.165, 1.54) is 24.3 Å². The number of ether oxygens (including phenoxy) is 3. The molecule has 140 valence electrons. The van der Waals surface area contributed by atoms with E-state index >= 15 is 0 Å². The predicted molar refractivity (Wildman–Crippen MR) is 94.2 cm³/mol. The topological polar surface area (TPSA) is 117 Å². The van der Waals surface area contributed by atoms with Crippen molar-refractivity contribution in [3.8, 4) is 11.5 Å². The molecule has 9 nitrogen and oxygen atoms in total. The molecule has 0 radical (unpaired) electrons. The number of amides is 1. The number of anilines is 1. The monoisotopic (exact) mass is 372 g/mol. The van der Waals surface area contributed by atoms with Crippen LogP contribution < -0.4 is 14.8 Å². The Morgan fingerprint density at radius 2 is 1.89 bits per heavy atom. The molecule has 0 saturated heterocycles. The number of carbonyl (C=O) groups is 2. The van der Waals surface area contributed by atoms with Crippen LogP contribution in [0.4, 0.5) is 11.4 Å². The Balaban J connectivity index is 1.61. The molecule has 1 amide bonds. The molecule has 0 bridgehead atoms. The van der Waals surface area contributed by atoms with Crippen LogP contribution >= 0.6 is 0 Å². The smallest absolute Gasteiger partial charge is 0.338 e. The van der Waals surface area contributed by atoms with Crippen molar-refractivity contribution < 1.29 is 28.7 Å². The van der Waals surface area contributed by atoms with Gasteiger partial charge in [0, 0.05) is 6.07 Å². The molecule has 0 spiro atoms. The van der Waals surface area contributed by atoms with Crippen molar-refractivity contribution in [1.82, 2.24) is 0 Å². The Bertz CT molecular complexity index is 911. The molecule has 9 heteroatoms. The van der Waals surface area contributed by atoms with Gasteiger partial charge in [0.15, 0.2) is 18.1 Å². The van der Waals surface area contributed by atoms with Gasteiger partial charge in [-0.25, -0.2) is 4.79 Å². The van der Waals surface area contributed by atoms with Gasteiger partial charge in [0.2, 0.25) is 0 Å². The van der Waals surface area contributed by atoms with Crippen LogP contribution in [0.5, 0.6) is 11.5 Å². The van der Waals surface area contributed by atoms with Crippen molar-refractivity contribution in [2.24, 2.45) is 0 Å². The van der Waals surface area contributed by atoms with Crippen LogP contribution in [0.2, 0.25) is 0 Å². The highest BCUT2D eigenvalue weighted by atomic mass is 16.6. The number of nitro groups is 1. The summed E-state index contributed by atoms with van der Waals surface area (Å²) in [5.74, 6) is -0.453. The third-order valence-electron chi connectivity index (χ3n) is 3.74. The summed E-state index contributed by atoms with van der Waals surface area (Å²) >= 11 is 0. The first-order valence-electron chi connectivity index (χ1n) is 8.06. The molecule has 2 aromatic carbocycles. The van der Waals surface area contributed by atoms with Crippen LogP contribution in [0.3, 0.4) is 0 Å². The highest BCUT2D eigenvalue weighted by Crippen LogP contribution is 2.31. The molecule has 1 aliphatic heterocycles. The minimum atomic E-state index is -0.722. The number of fused-ring (bicyclic) bond motifs is 1. The van der Waals surface area contributed by atoms with Gasteiger partial charge < -0.3 is 19.5 Å². The number of nitro benzene ring substituents is 1. The summed E-state index contributed by atoms with van der Waals surface area (Å²) in [6, 6.07) is 8.95. The van der Waals surface area contributed by atoms with E-state index in [2.05, 4.69) is 5.32 Å². The minimum absolute atomic E-state index is 0.0333. The largest absolute Gasteiger partial charge is 0.486 e. The van der Waals surface area contributed by atoms with Crippen LogP contribution in [-0.2, 0) is 9.53 Å². The first-order chi connectivity index (χ1) is 12.9. The molecule has 27 heavy (non-hydrogen) atoms. The Hall–Kier alpha value is -3.62. The van der Waals surface area contributed by atoms with Crippen molar-refractivity contribution in [3.05, 3.63) is 57.6 Å². The fourth-order valence-electron chi connectivity index (χ4n) is 2.47. The number of nitrogens with zero attached hydrogens (tertiary/aromatic N) is 1. The molecule has 1 heterocycles. The van der Waals surface area contributed by atoms with Crippen molar-refractivity contribution >= 4 is 23.3 Å². The van der Waals surface area contributed by atoms with Gasteiger partial charge in [-0.3, -0.25) is 14.9 Å². The van der Waals surface area contributed by atoms with Crippen molar-refractivity contribution in [1.29, 1.82) is 0 Å². The summed E-state index contributed by atoms with van der Waals surface area (Å²) in [5, 5.41) is 13.4. The van der Waals surface area contributed by atoms with Crippen LogP contribution in [0, 0.1) is 17.0 Å². The molecule has 2 aromatic rings. The quantitative estimate of drug-likeness (QED) is 0.487. The standard InChI is InChI=1S/C18H16N2O7/c1-11-2-4-13(14(8-11)20(23)24)19-17(21)10-27-18(22)12-3-5-15-16(9-12)26-7-6-25-15/h2-5,8-9H,6-7,10H2,1H3,(H,19,21). The summed E-state index contributed by atoms with van der Waals surface area (Å²) in [7, 11) is 0. The molecule has 0 atom stereocenters. The van der Waals surface area contributed by atoms with Gasteiger partial charge in [-0.15, -0.1) is 0 Å². The van der Waals surface area contributed by atoms with Gasteiger partial charge >= 0.3 is 5.97 Å². The van der Waals surface area contributed by atoms with Gasteiger partial charge in [0.1, 0.15) is 18.9 Å². The summed E-state index contributed by atoms with van der Waals surface area (Å²) in [5.41, 5.74) is 0.686. The second-order valence-corrected chi connectivity index (χ2v) is 5.76. The lowest BCUT2D eigenvalue weighted by Crippen LogP contribution is -2.21. The maximum absolute atomic E-state index is 12.1. The van der Waals surface area contributed by atoms with Gasteiger partial charge in [0.25, 0.3) is 11.6 Å². The van der Waals surface area contributed by atoms with Gasteiger partial charge in [-0.2, -0.15) is 0 Å². The van der Waals surface area contributed by atoms with E-state index in [-0.39, 0.29) is 16.9 Å². The lowest BCUT2D eigenvalue weighted by Gasteiger charge is -2.18. The average Bonchev–Trinajstić information content (AvgIpc) is 2.67. The molecule has 0 saturated carbocycles. The summed E-state index contributed by atoms with van der Waals surface area (Å²) in [4.78, 5) is 34.6. The van der Waals surface area contributed by atoms with E-state index in [4.69, 9.17) is 14.2 Å². The Labute approximate surface area is 154 Å². The zero-order valence-corrected chi connectivity index (χ0v) is 14.4. The molecular formula is C18H16N2O7. The Morgan fingerprint density at radius 3 is 2.63 bits per heavy atom. The molecule has 1 N–H and O–H groups in total. The van der Waals surface area contributed by atoms with E-state index < -0.39 is 23.4 Å². The number of hydrogen-bond donors (Lipinski definition) is 1. The van der Waals surface area contributed by atoms with Crippen LogP contribution in [0.25, 0.3) is 0 Å². The normalized spacial score (nSPS) is 12.2. The number of rotatable bonds is 5. The highest BCUT2D eigenvalue weighted by Gasteiger charge is 2.19. The molecule has 0 fully saturated rings. The molecular weight excluding hydrogens is 356 g/mol. The van der Waals surface area contributed by atoms with Gasteiger partial charge in [0.05, 0.1) is 10.5 Å².